The number of ketones is 1. The van der Waals surface area contributed by atoms with Crippen molar-refractivity contribution in [3.05, 3.63) is 101 Å². The first kappa shape index (κ1) is 32.0. The number of aromatic nitrogens is 2. The Morgan fingerprint density at radius 2 is 1.66 bits per heavy atom. The van der Waals surface area contributed by atoms with Crippen LogP contribution in [0.1, 0.15) is 52.5 Å². The SMILES string of the molecule is COc1ccc(CCOc2ccc(Cc3nc(C(=O)C(CCCCN)NC(=O)OCc4ccccc4)no3)cc2)cc1OC. The normalized spacial score (nSPS) is 11.4. The highest BCUT2D eigenvalue weighted by Crippen LogP contribution is 2.27. The molecule has 1 aromatic heterocycles. The van der Waals surface area contributed by atoms with Gasteiger partial charge in [0.2, 0.25) is 17.5 Å². The van der Waals surface area contributed by atoms with Gasteiger partial charge in [0.25, 0.3) is 0 Å². The molecule has 0 radical (unpaired) electrons. The van der Waals surface area contributed by atoms with Crippen LogP contribution in [0.25, 0.3) is 0 Å². The number of alkyl carbamates (subject to hydrolysis) is 1. The summed E-state index contributed by atoms with van der Waals surface area (Å²) in [4.78, 5) is 30.0. The number of hydrogen-bond donors (Lipinski definition) is 2. The number of carbonyl (C=O) groups is 2. The van der Waals surface area contributed by atoms with E-state index in [1.165, 1.54) is 0 Å². The van der Waals surface area contributed by atoms with E-state index in [0.717, 1.165) is 22.4 Å². The van der Waals surface area contributed by atoms with E-state index in [-0.39, 0.29) is 18.3 Å². The fourth-order valence-electron chi connectivity index (χ4n) is 4.45. The summed E-state index contributed by atoms with van der Waals surface area (Å²) in [6.45, 7) is 1.06. The number of nitrogens with zero attached hydrogens (tertiary/aromatic N) is 2. The zero-order valence-electron chi connectivity index (χ0n) is 25.0. The van der Waals surface area contributed by atoms with Crippen LogP contribution >= 0.6 is 0 Å². The molecule has 44 heavy (non-hydrogen) atoms. The largest absolute Gasteiger partial charge is 0.493 e. The van der Waals surface area contributed by atoms with Crippen molar-refractivity contribution in [2.24, 2.45) is 5.73 Å². The second-order valence-electron chi connectivity index (χ2n) is 10.0. The van der Waals surface area contributed by atoms with Crippen molar-refractivity contribution >= 4 is 11.9 Å². The maximum atomic E-state index is 13.2. The summed E-state index contributed by atoms with van der Waals surface area (Å²) in [5, 5.41) is 6.53. The predicted octanol–water partition coefficient (Wildman–Crippen LogP) is 4.91. The Morgan fingerprint density at radius 3 is 2.39 bits per heavy atom. The second-order valence-corrected chi connectivity index (χ2v) is 10.0. The molecule has 4 aromatic rings. The van der Waals surface area contributed by atoms with E-state index < -0.39 is 17.9 Å². The number of Topliss-reactive ketones (excluding diaryl/α,β-unsaturated/α-hetero) is 1. The number of ether oxygens (including phenoxy) is 4. The van der Waals surface area contributed by atoms with Crippen molar-refractivity contribution in [3.63, 3.8) is 0 Å². The molecule has 0 aliphatic rings. The van der Waals surface area contributed by atoms with Crippen LogP contribution in [0.2, 0.25) is 0 Å². The maximum absolute atomic E-state index is 13.2. The molecule has 0 spiro atoms. The minimum atomic E-state index is -0.870. The summed E-state index contributed by atoms with van der Waals surface area (Å²) in [6.07, 6.45) is 2.05. The lowest BCUT2D eigenvalue weighted by Crippen LogP contribution is -2.41. The zero-order chi connectivity index (χ0) is 31.1. The summed E-state index contributed by atoms with van der Waals surface area (Å²) < 4.78 is 27.2. The van der Waals surface area contributed by atoms with Gasteiger partial charge in [0, 0.05) is 6.42 Å². The summed E-state index contributed by atoms with van der Waals surface area (Å²) in [7, 11) is 3.22. The third-order valence-electron chi connectivity index (χ3n) is 6.84. The molecule has 1 unspecified atom stereocenters. The monoisotopic (exact) mass is 602 g/mol. The molecule has 1 amide bonds. The molecule has 3 N–H and O–H groups in total. The van der Waals surface area contributed by atoms with Gasteiger partial charge < -0.3 is 34.5 Å². The van der Waals surface area contributed by atoms with Crippen LogP contribution in [-0.2, 0) is 24.2 Å². The summed E-state index contributed by atoms with van der Waals surface area (Å²) in [5.41, 5.74) is 8.43. The van der Waals surface area contributed by atoms with Crippen LogP contribution in [0.15, 0.2) is 77.3 Å². The first-order valence-corrected chi connectivity index (χ1v) is 14.5. The molecule has 0 saturated heterocycles. The number of amides is 1. The van der Waals surface area contributed by atoms with E-state index in [2.05, 4.69) is 15.5 Å². The molecule has 0 saturated carbocycles. The predicted molar refractivity (Wildman–Crippen MR) is 163 cm³/mol. The number of hydrogen-bond acceptors (Lipinski definition) is 10. The molecule has 1 heterocycles. The van der Waals surface area contributed by atoms with Gasteiger partial charge >= 0.3 is 6.09 Å². The van der Waals surface area contributed by atoms with Crippen LogP contribution in [0.4, 0.5) is 4.79 Å². The maximum Gasteiger partial charge on any atom is 0.408 e. The molecule has 0 aliphatic heterocycles. The van der Waals surface area contributed by atoms with Gasteiger partial charge in [-0.3, -0.25) is 4.79 Å². The number of benzene rings is 3. The fourth-order valence-corrected chi connectivity index (χ4v) is 4.45. The molecular weight excluding hydrogens is 564 g/mol. The van der Waals surface area contributed by atoms with Crippen LogP contribution in [-0.4, -0.2) is 55.4 Å². The Hall–Kier alpha value is -4.90. The molecule has 11 heteroatoms. The Bertz CT molecular complexity index is 1480. The number of nitrogens with two attached hydrogens (primary N) is 1. The van der Waals surface area contributed by atoms with Crippen LogP contribution in [0.5, 0.6) is 17.2 Å². The van der Waals surface area contributed by atoms with E-state index in [1.807, 2.05) is 72.8 Å². The third kappa shape index (κ3) is 9.56. The minimum absolute atomic E-state index is 0.0878. The summed E-state index contributed by atoms with van der Waals surface area (Å²) in [6, 6.07) is 21.7. The van der Waals surface area contributed by atoms with Crippen molar-refractivity contribution in [3.8, 4) is 17.2 Å². The van der Waals surface area contributed by atoms with Crippen molar-refractivity contribution < 1.29 is 33.1 Å². The van der Waals surface area contributed by atoms with Crippen molar-refractivity contribution in [1.82, 2.24) is 15.5 Å². The number of unbranched alkanes of at least 4 members (excludes halogenated alkanes) is 1. The van der Waals surface area contributed by atoms with Gasteiger partial charge in [0.15, 0.2) is 11.5 Å². The lowest BCUT2D eigenvalue weighted by atomic mass is 10.0. The molecule has 0 aliphatic carbocycles. The number of methoxy groups -OCH3 is 2. The van der Waals surface area contributed by atoms with Gasteiger partial charge in [-0.15, -0.1) is 0 Å². The molecule has 4 rings (SSSR count). The smallest absolute Gasteiger partial charge is 0.408 e. The molecule has 232 valence electrons. The van der Waals surface area contributed by atoms with Gasteiger partial charge in [-0.1, -0.05) is 53.7 Å². The lowest BCUT2D eigenvalue weighted by molar-refractivity contribution is 0.0896. The summed E-state index contributed by atoms with van der Waals surface area (Å²) in [5.74, 6) is 1.82. The first-order chi connectivity index (χ1) is 21.5. The van der Waals surface area contributed by atoms with Gasteiger partial charge in [0.05, 0.1) is 33.3 Å². The van der Waals surface area contributed by atoms with Gasteiger partial charge in [0.1, 0.15) is 12.4 Å². The Kier molecular flexibility index (Phi) is 12.1. The highest BCUT2D eigenvalue weighted by atomic mass is 16.5. The van der Waals surface area contributed by atoms with Gasteiger partial charge in [-0.2, -0.15) is 4.98 Å². The average Bonchev–Trinajstić information content (AvgIpc) is 3.52. The topological polar surface area (TPSA) is 148 Å². The lowest BCUT2D eigenvalue weighted by Gasteiger charge is -2.16. The van der Waals surface area contributed by atoms with Crippen molar-refractivity contribution in [2.45, 2.75) is 44.8 Å². The number of carbonyl (C=O) groups excluding carboxylic acids is 2. The van der Waals surface area contributed by atoms with Crippen molar-refractivity contribution in [1.29, 1.82) is 0 Å². The summed E-state index contributed by atoms with van der Waals surface area (Å²) >= 11 is 0. The first-order valence-electron chi connectivity index (χ1n) is 14.5. The highest BCUT2D eigenvalue weighted by Gasteiger charge is 2.27. The zero-order valence-corrected chi connectivity index (χ0v) is 25.0. The van der Waals surface area contributed by atoms with E-state index in [4.69, 9.17) is 29.2 Å². The van der Waals surface area contributed by atoms with E-state index in [1.54, 1.807) is 14.2 Å². The molecular formula is C33H38N4O7. The Balaban J connectivity index is 1.29. The molecule has 3 aromatic carbocycles. The molecule has 1 atom stereocenters. The van der Waals surface area contributed by atoms with E-state index in [0.29, 0.717) is 56.8 Å². The molecule has 0 bridgehead atoms. The van der Waals surface area contributed by atoms with Gasteiger partial charge in [-0.25, -0.2) is 4.79 Å². The van der Waals surface area contributed by atoms with Crippen LogP contribution < -0.4 is 25.3 Å². The quantitative estimate of drug-likeness (QED) is 0.126. The van der Waals surface area contributed by atoms with Crippen LogP contribution in [0.3, 0.4) is 0 Å². The second kappa shape index (κ2) is 16.7. The molecule has 0 fully saturated rings. The third-order valence-corrected chi connectivity index (χ3v) is 6.84. The fraction of sp³-hybridized carbons (Fsp3) is 0.333. The van der Waals surface area contributed by atoms with Gasteiger partial charge in [-0.05, 0) is 66.8 Å². The Labute approximate surface area is 256 Å². The van der Waals surface area contributed by atoms with Crippen molar-refractivity contribution in [2.75, 3.05) is 27.4 Å². The van der Waals surface area contributed by atoms with Crippen LogP contribution in [0, 0.1) is 0 Å². The minimum Gasteiger partial charge on any atom is -0.493 e. The average molecular weight is 603 g/mol. The highest BCUT2D eigenvalue weighted by molar-refractivity contribution is 5.98. The number of rotatable bonds is 17. The van der Waals surface area contributed by atoms with E-state index >= 15 is 0 Å². The Morgan fingerprint density at radius 1 is 0.909 bits per heavy atom. The molecule has 11 nitrogen and oxygen atoms in total. The van der Waals surface area contributed by atoms with E-state index in [9.17, 15) is 9.59 Å². The standard InChI is InChI=1S/C33H38N4O7/c1-40-28-16-13-24(20-29(28)41-2)17-19-42-26-14-11-23(12-15-26)21-30-36-32(37-44-30)31(38)27(10-6-7-18-34)35-33(39)43-22-25-8-4-3-5-9-25/h3-5,8-9,11-16,20,27H,6-7,10,17-19,21-22,34H2,1-2H3,(H,35,39). The number of nitrogens with one attached hydrogen (secondary N) is 1.